The monoisotopic (exact) mass is 413 g/mol. The van der Waals surface area contributed by atoms with Crippen molar-refractivity contribution in [2.75, 3.05) is 25.5 Å². The highest BCUT2D eigenvalue weighted by atomic mass is 32.1. The second-order valence-electron chi connectivity index (χ2n) is 8.22. The van der Waals surface area contributed by atoms with Gasteiger partial charge in [0, 0.05) is 30.9 Å². The van der Waals surface area contributed by atoms with Gasteiger partial charge in [-0.25, -0.2) is 0 Å². The molecule has 2 fully saturated rings. The lowest BCUT2D eigenvalue weighted by molar-refractivity contribution is -0.137. The normalized spacial score (nSPS) is 24.4. The van der Waals surface area contributed by atoms with Gasteiger partial charge < -0.3 is 15.1 Å². The summed E-state index contributed by atoms with van der Waals surface area (Å²) in [6, 6.07) is 6.42. The largest absolute Gasteiger partial charge is 0.416 e. The number of thiocarbonyl (C=S) groups is 1. The van der Waals surface area contributed by atoms with E-state index in [9.17, 15) is 13.2 Å². The molecule has 1 heterocycles. The maximum absolute atomic E-state index is 12.9. The Morgan fingerprint density at radius 1 is 1.14 bits per heavy atom. The van der Waals surface area contributed by atoms with E-state index in [0.29, 0.717) is 22.9 Å². The van der Waals surface area contributed by atoms with Gasteiger partial charge in [-0.1, -0.05) is 25.8 Å². The lowest BCUT2D eigenvalue weighted by Gasteiger charge is -2.44. The van der Waals surface area contributed by atoms with E-state index >= 15 is 0 Å². The minimum Gasteiger partial charge on any atom is -0.349 e. The Hall–Kier alpha value is -1.34. The highest BCUT2D eigenvalue weighted by Gasteiger charge is 2.32. The summed E-state index contributed by atoms with van der Waals surface area (Å²) in [7, 11) is 2.26. The number of alkyl halides is 3. The Kier molecular flexibility index (Phi) is 6.86. The molecule has 2 aliphatic rings. The number of likely N-dealkylation sites (tertiary alicyclic amines) is 1. The van der Waals surface area contributed by atoms with Crippen LogP contribution in [0.2, 0.25) is 0 Å². The minimum atomic E-state index is -4.35. The van der Waals surface area contributed by atoms with Crippen LogP contribution in [0.25, 0.3) is 0 Å². The number of benzene rings is 1. The van der Waals surface area contributed by atoms with Gasteiger partial charge in [-0.05, 0) is 69.1 Å². The molecule has 1 N–H and O–H groups in total. The first-order chi connectivity index (χ1) is 13.3. The van der Waals surface area contributed by atoms with Gasteiger partial charge >= 0.3 is 6.18 Å². The molecule has 1 aliphatic carbocycles. The molecule has 0 bridgehead atoms. The number of hydrogen-bond acceptors (Lipinski definition) is 2. The van der Waals surface area contributed by atoms with E-state index in [1.807, 2.05) is 0 Å². The summed E-state index contributed by atoms with van der Waals surface area (Å²) < 4.78 is 38.7. The summed E-state index contributed by atoms with van der Waals surface area (Å²) in [5, 5.41) is 3.49. The molecular formula is C21H30F3N3S. The first-order valence-corrected chi connectivity index (χ1v) is 10.6. The summed E-state index contributed by atoms with van der Waals surface area (Å²) in [5.41, 5.74) is -0.280. The van der Waals surface area contributed by atoms with Gasteiger partial charge in [-0.2, -0.15) is 13.2 Å². The zero-order valence-electron chi connectivity index (χ0n) is 16.6. The van der Waals surface area contributed by atoms with Crippen LogP contribution in [0, 0.1) is 5.92 Å². The molecule has 0 aromatic heterocycles. The molecule has 28 heavy (non-hydrogen) atoms. The van der Waals surface area contributed by atoms with Gasteiger partial charge in [0.1, 0.15) is 0 Å². The van der Waals surface area contributed by atoms with Crippen LogP contribution >= 0.6 is 12.2 Å². The van der Waals surface area contributed by atoms with E-state index in [4.69, 9.17) is 12.2 Å². The van der Waals surface area contributed by atoms with Crippen LogP contribution in [0.3, 0.4) is 0 Å². The molecule has 3 nitrogen and oxygen atoms in total. The summed E-state index contributed by atoms with van der Waals surface area (Å²) in [4.78, 5) is 4.65. The first kappa shape index (κ1) is 21.4. The fourth-order valence-corrected chi connectivity index (χ4v) is 4.92. The molecule has 0 spiro atoms. The standard InChI is InChI=1S/C21H30F3N3S/c1-15-6-3-4-9-19(15)26(2)18-10-12-27(13-11-18)20(28)25-17-8-5-7-16(14-17)21(22,23)24/h5,7-8,14-15,18-19H,3-4,6,9-13H2,1-2H3,(H,25,28)/t15-,19+/m0/s1. The van der Waals surface area contributed by atoms with E-state index in [1.54, 1.807) is 6.07 Å². The van der Waals surface area contributed by atoms with Gasteiger partial charge in [0.25, 0.3) is 0 Å². The number of hydrogen-bond donors (Lipinski definition) is 1. The van der Waals surface area contributed by atoms with Crippen LogP contribution in [0.5, 0.6) is 0 Å². The molecule has 0 amide bonds. The van der Waals surface area contributed by atoms with Crippen molar-refractivity contribution in [2.24, 2.45) is 5.92 Å². The number of nitrogens with one attached hydrogen (secondary N) is 1. The molecule has 2 atom stereocenters. The van der Waals surface area contributed by atoms with Crippen molar-refractivity contribution >= 4 is 23.0 Å². The first-order valence-electron chi connectivity index (χ1n) is 10.2. The predicted octanol–water partition coefficient (Wildman–Crippen LogP) is 5.38. The zero-order valence-corrected chi connectivity index (χ0v) is 17.5. The van der Waals surface area contributed by atoms with Gasteiger partial charge in [-0.3, -0.25) is 0 Å². The summed E-state index contributed by atoms with van der Waals surface area (Å²) >= 11 is 5.46. The average molecular weight is 414 g/mol. The molecule has 3 rings (SSSR count). The summed E-state index contributed by atoms with van der Waals surface area (Å²) in [6.07, 6.45) is 2.99. The van der Waals surface area contributed by atoms with E-state index in [-0.39, 0.29) is 0 Å². The molecule has 156 valence electrons. The third-order valence-corrected chi connectivity index (χ3v) is 6.72. The van der Waals surface area contributed by atoms with Crippen molar-refractivity contribution in [3.05, 3.63) is 29.8 Å². The second-order valence-corrected chi connectivity index (χ2v) is 8.61. The topological polar surface area (TPSA) is 18.5 Å². The van der Waals surface area contributed by atoms with E-state index < -0.39 is 11.7 Å². The minimum absolute atomic E-state index is 0.384. The molecular weight excluding hydrogens is 383 g/mol. The molecule has 0 unspecified atom stereocenters. The van der Waals surface area contributed by atoms with E-state index in [0.717, 1.165) is 44.0 Å². The van der Waals surface area contributed by atoms with Gasteiger partial charge in [0.05, 0.1) is 5.56 Å². The maximum Gasteiger partial charge on any atom is 0.416 e. The number of anilines is 1. The SMILES string of the molecule is C[C@H]1CCCC[C@H]1N(C)C1CCN(C(=S)Nc2cccc(C(F)(F)F)c2)CC1. The Balaban J connectivity index is 1.52. The molecule has 1 saturated carbocycles. The van der Waals surface area contributed by atoms with Crippen molar-refractivity contribution in [2.45, 2.75) is 63.7 Å². The fourth-order valence-electron chi connectivity index (χ4n) is 4.62. The highest BCUT2D eigenvalue weighted by Crippen LogP contribution is 2.32. The van der Waals surface area contributed by atoms with Crippen molar-refractivity contribution in [3.63, 3.8) is 0 Å². The lowest BCUT2D eigenvalue weighted by atomic mass is 9.84. The third-order valence-electron chi connectivity index (χ3n) is 6.36. The quantitative estimate of drug-likeness (QED) is 0.671. The Morgan fingerprint density at radius 2 is 1.82 bits per heavy atom. The van der Waals surface area contributed by atoms with Gasteiger partial charge in [0.15, 0.2) is 5.11 Å². The Bertz CT molecular complexity index is 671. The number of nitrogens with zero attached hydrogens (tertiary/aromatic N) is 2. The van der Waals surface area contributed by atoms with Crippen LogP contribution in [0.15, 0.2) is 24.3 Å². The fraction of sp³-hybridized carbons (Fsp3) is 0.667. The molecule has 1 aromatic rings. The molecule has 1 saturated heterocycles. The second kappa shape index (κ2) is 8.99. The van der Waals surface area contributed by atoms with E-state index in [1.165, 1.54) is 31.7 Å². The van der Waals surface area contributed by atoms with Crippen molar-refractivity contribution in [3.8, 4) is 0 Å². The number of piperidine rings is 1. The van der Waals surface area contributed by atoms with Gasteiger partial charge in [0.2, 0.25) is 0 Å². The van der Waals surface area contributed by atoms with Crippen molar-refractivity contribution in [1.82, 2.24) is 9.80 Å². The number of rotatable bonds is 3. The van der Waals surface area contributed by atoms with Crippen LogP contribution < -0.4 is 5.32 Å². The third kappa shape index (κ3) is 5.17. The lowest BCUT2D eigenvalue weighted by Crippen LogP contribution is -2.51. The van der Waals surface area contributed by atoms with Crippen LogP contribution in [-0.2, 0) is 6.18 Å². The van der Waals surface area contributed by atoms with Crippen LogP contribution in [-0.4, -0.2) is 47.1 Å². The van der Waals surface area contributed by atoms with Crippen molar-refractivity contribution < 1.29 is 13.2 Å². The smallest absolute Gasteiger partial charge is 0.349 e. The summed E-state index contributed by atoms with van der Waals surface area (Å²) in [5.74, 6) is 0.750. The van der Waals surface area contributed by atoms with Crippen LogP contribution in [0.4, 0.5) is 18.9 Å². The zero-order chi connectivity index (χ0) is 20.3. The van der Waals surface area contributed by atoms with Crippen molar-refractivity contribution in [1.29, 1.82) is 0 Å². The summed E-state index contributed by atoms with van der Waals surface area (Å²) in [6.45, 7) is 4.03. The van der Waals surface area contributed by atoms with Gasteiger partial charge in [-0.15, -0.1) is 0 Å². The number of halogens is 3. The van der Waals surface area contributed by atoms with Crippen LogP contribution in [0.1, 0.15) is 51.0 Å². The Labute approximate surface area is 171 Å². The molecule has 7 heteroatoms. The highest BCUT2D eigenvalue weighted by molar-refractivity contribution is 7.80. The average Bonchev–Trinajstić information content (AvgIpc) is 2.67. The molecule has 0 radical (unpaired) electrons. The predicted molar refractivity (Wildman–Crippen MR) is 111 cm³/mol. The van der Waals surface area contributed by atoms with E-state index in [2.05, 4.69) is 29.1 Å². The molecule has 1 aliphatic heterocycles. The maximum atomic E-state index is 12.9. The molecule has 1 aromatic carbocycles. The Morgan fingerprint density at radius 3 is 2.46 bits per heavy atom.